The quantitative estimate of drug-likeness (QED) is 0.477. The van der Waals surface area contributed by atoms with E-state index in [2.05, 4.69) is 15.4 Å². The smallest absolute Gasteiger partial charge is 0.0769 e. The van der Waals surface area contributed by atoms with Gasteiger partial charge in [-0.1, -0.05) is 38.5 Å². The fraction of sp³-hybridized carbons (Fsp3) is 0.692. The van der Waals surface area contributed by atoms with Crippen molar-refractivity contribution in [3.63, 3.8) is 0 Å². The Bertz CT molecular complexity index is 306. The first kappa shape index (κ1) is 12.5. The Kier molecular flexibility index (Phi) is 4.88. The van der Waals surface area contributed by atoms with Crippen LogP contribution >= 0.6 is 0 Å². The van der Waals surface area contributed by atoms with E-state index in [1.165, 1.54) is 38.5 Å². The molecule has 4 heteroatoms. The van der Waals surface area contributed by atoms with Crippen LogP contribution in [0.5, 0.6) is 0 Å². The molecule has 1 fully saturated rings. The molecule has 1 aliphatic rings. The fourth-order valence-electron chi connectivity index (χ4n) is 2.70. The third-order valence-corrected chi connectivity index (χ3v) is 3.69. The summed E-state index contributed by atoms with van der Waals surface area (Å²) in [5.74, 6) is 6.42. The number of nitrogens with two attached hydrogens (primary N) is 1. The summed E-state index contributed by atoms with van der Waals surface area (Å²) < 4.78 is 0. The molecule has 0 bridgehead atoms. The third kappa shape index (κ3) is 3.75. The summed E-state index contributed by atoms with van der Waals surface area (Å²) in [6.07, 6.45) is 14.5. The molecule has 0 spiro atoms. The zero-order valence-electron chi connectivity index (χ0n) is 10.3. The SMILES string of the molecule is NNC(CC1CCCCCC1)c1cnccn1. The highest BCUT2D eigenvalue weighted by Crippen LogP contribution is 2.29. The summed E-state index contributed by atoms with van der Waals surface area (Å²) in [4.78, 5) is 8.44. The van der Waals surface area contributed by atoms with Crippen molar-refractivity contribution in [2.45, 2.75) is 51.0 Å². The molecule has 0 amide bonds. The van der Waals surface area contributed by atoms with Gasteiger partial charge in [-0.25, -0.2) is 0 Å². The molecule has 1 aromatic heterocycles. The minimum atomic E-state index is 0.145. The van der Waals surface area contributed by atoms with Crippen LogP contribution in [-0.2, 0) is 0 Å². The second-order valence-electron chi connectivity index (χ2n) is 4.94. The Morgan fingerprint density at radius 2 is 2.00 bits per heavy atom. The van der Waals surface area contributed by atoms with Crippen molar-refractivity contribution in [1.29, 1.82) is 0 Å². The lowest BCUT2D eigenvalue weighted by molar-refractivity contribution is 0.354. The van der Waals surface area contributed by atoms with Crippen molar-refractivity contribution >= 4 is 0 Å². The Morgan fingerprint density at radius 3 is 2.59 bits per heavy atom. The van der Waals surface area contributed by atoms with Gasteiger partial charge < -0.3 is 0 Å². The first-order chi connectivity index (χ1) is 8.40. The number of hydrogen-bond donors (Lipinski definition) is 2. The lowest BCUT2D eigenvalue weighted by Gasteiger charge is -2.21. The van der Waals surface area contributed by atoms with Gasteiger partial charge in [0.15, 0.2) is 0 Å². The molecule has 1 heterocycles. The van der Waals surface area contributed by atoms with Crippen LogP contribution < -0.4 is 11.3 Å². The van der Waals surface area contributed by atoms with Crippen molar-refractivity contribution in [1.82, 2.24) is 15.4 Å². The van der Waals surface area contributed by atoms with Crippen molar-refractivity contribution < 1.29 is 0 Å². The van der Waals surface area contributed by atoms with E-state index in [-0.39, 0.29) is 6.04 Å². The lowest BCUT2D eigenvalue weighted by atomic mass is 9.92. The molecule has 0 saturated heterocycles. The standard InChI is InChI=1S/C13H22N4/c14-17-12(13-10-15-7-8-16-13)9-11-5-3-1-2-4-6-11/h7-8,10-12,17H,1-6,9,14H2. The molecule has 0 radical (unpaired) electrons. The number of nitrogens with one attached hydrogen (secondary N) is 1. The average Bonchev–Trinajstić information content (AvgIpc) is 2.65. The van der Waals surface area contributed by atoms with E-state index < -0.39 is 0 Å². The van der Waals surface area contributed by atoms with Crippen LogP contribution in [0.3, 0.4) is 0 Å². The number of rotatable bonds is 4. The predicted molar refractivity (Wildman–Crippen MR) is 67.9 cm³/mol. The van der Waals surface area contributed by atoms with Crippen molar-refractivity contribution in [2.24, 2.45) is 11.8 Å². The van der Waals surface area contributed by atoms with Gasteiger partial charge >= 0.3 is 0 Å². The van der Waals surface area contributed by atoms with E-state index >= 15 is 0 Å². The molecule has 1 atom stereocenters. The molecule has 0 aliphatic heterocycles. The lowest BCUT2D eigenvalue weighted by Crippen LogP contribution is -2.30. The maximum atomic E-state index is 5.64. The zero-order chi connectivity index (χ0) is 11.9. The number of nitrogens with zero attached hydrogens (tertiary/aromatic N) is 2. The van der Waals surface area contributed by atoms with E-state index in [1.54, 1.807) is 18.6 Å². The maximum Gasteiger partial charge on any atom is 0.0769 e. The van der Waals surface area contributed by atoms with Crippen molar-refractivity contribution in [3.05, 3.63) is 24.3 Å². The van der Waals surface area contributed by atoms with E-state index in [1.807, 2.05) is 0 Å². The van der Waals surface area contributed by atoms with Crippen LogP contribution in [0.4, 0.5) is 0 Å². The molecule has 1 saturated carbocycles. The Morgan fingerprint density at radius 1 is 1.24 bits per heavy atom. The summed E-state index contributed by atoms with van der Waals surface area (Å²) >= 11 is 0. The highest BCUT2D eigenvalue weighted by molar-refractivity contribution is 5.02. The topological polar surface area (TPSA) is 63.8 Å². The molecule has 0 aromatic carbocycles. The minimum Gasteiger partial charge on any atom is -0.271 e. The number of aromatic nitrogens is 2. The van der Waals surface area contributed by atoms with Gasteiger partial charge in [-0.3, -0.25) is 21.2 Å². The second-order valence-corrected chi connectivity index (χ2v) is 4.94. The summed E-state index contributed by atoms with van der Waals surface area (Å²) in [6.45, 7) is 0. The van der Waals surface area contributed by atoms with Crippen LogP contribution in [0.15, 0.2) is 18.6 Å². The normalized spacial score (nSPS) is 19.8. The summed E-state index contributed by atoms with van der Waals surface area (Å²) in [6, 6.07) is 0.145. The van der Waals surface area contributed by atoms with Gasteiger partial charge in [0, 0.05) is 12.4 Å². The molecule has 4 nitrogen and oxygen atoms in total. The monoisotopic (exact) mass is 234 g/mol. The van der Waals surface area contributed by atoms with Gasteiger partial charge in [0.05, 0.1) is 17.9 Å². The van der Waals surface area contributed by atoms with Gasteiger partial charge in [0.2, 0.25) is 0 Å². The molecule has 17 heavy (non-hydrogen) atoms. The number of hydrogen-bond acceptors (Lipinski definition) is 4. The first-order valence-corrected chi connectivity index (χ1v) is 6.62. The van der Waals surface area contributed by atoms with Crippen molar-refractivity contribution in [3.8, 4) is 0 Å². The van der Waals surface area contributed by atoms with E-state index in [0.29, 0.717) is 0 Å². The van der Waals surface area contributed by atoms with Gasteiger partial charge in [-0.15, -0.1) is 0 Å². The van der Waals surface area contributed by atoms with E-state index in [9.17, 15) is 0 Å². The van der Waals surface area contributed by atoms with Crippen LogP contribution in [0, 0.1) is 5.92 Å². The fourth-order valence-corrected chi connectivity index (χ4v) is 2.70. The largest absolute Gasteiger partial charge is 0.271 e. The average molecular weight is 234 g/mol. The summed E-state index contributed by atoms with van der Waals surface area (Å²) in [5, 5.41) is 0. The second kappa shape index (κ2) is 6.67. The van der Waals surface area contributed by atoms with Crippen molar-refractivity contribution in [2.75, 3.05) is 0 Å². The molecule has 3 N–H and O–H groups in total. The molecule has 1 unspecified atom stereocenters. The van der Waals surface area contributed by atoms with Crippen LogP contribution in [0.2, 0.25) is 0 Å². The summed E-state index contributed by atoms with van der Waals surface area (Å²) in [5.41, 5.74) is 3.84. The Balaban J connectivity index is 1.94. The maximum absolute atomic E-state index is 5.64. The van der Waals surface area contributed by atoms with Gasteiger partial charge in [0.1, 0.15) is 0 Å². The molecule has 1 aliphatic carbocycles. The minimum absolute atomic E-state index is 0.145. The van der Waals surface area contributed by atoms with Gasteiger partial charge in [-0.05, 0) is 12.3 Å². The van der Waals surface area contributed by atoms with E-state index in [0.717, 1.165) is 18.0 Å². The molecular formula is C13H22N4. The van der Waals surface area contributed by atoms with Gasteiger partial charge in [-0.2, -0.15) is 0 Å². The predicted octanol–water partition coefficient (Wildman–Crippen LogP) is 2.34. The Labute approximate surface area is 103 Å². The molecule has 1 aromatic rings. The van der Waals surface area contributed by atoms with Crippen LogP contribution in [0.25, 0.3) is 0 Å². The van der Waals surface area contributed by atoms with Crippen LogP contribution in [0.1, 0.15) is 56.7 Å². The van der Waals surface area contributed by atoms with Crippen LogP contribution in [-0.4, -0.2) is 9.97 Å². The third-order valence-electron chi connectivity index (χ3n) is 3.69. The highest BCUT2D eigenvalue weighted by Gasteiger charge is 2.19. The Hall–Kier alpha value is -1.00. The molecule has 94 valence electrons. The first-order valence-electron chi connectivity index (χ1n) is 6.62. The molecular weight excluding hydrogens is 212 g/mol. The van der Waals surface area contributed by atoms with Gasteiger partial charge in [0.25, 0.3) is 0 Å². The molecule has 2 rings (SSSR count). The van der Waals surface area contributed by atoms with E-state index in [4.69, 9.17) is 5.84 Å². The summed E-state index contributed by atoms with van der Waals surface area (Å²) in [7, 11) is 0. The number of hydrazine groups is 1. The zero-order valence-corrected chi connectivity index (χ0v) is 10.3. The highest BCUT2D eigenvalue weighted by atomic mass is 15.2.